The Hall–Kier alpha value is -2.16. The molecule has 2 aliphatic rings. The molecule has 0 radical (unpaired) electrons. The maximum Gasteiger partial charge on any atom is 0.231 e. The number of rotatable bonds is 6. The number of carbonyl (C=O) groups excluding carboxylic acids is 1. The van der Waals surface area contributed by atoms with Gasteiger partial charge in [0.1, 0.15) is 6.10 Å². The van der Waals surface area contributed by atoms with Crippen LogP contribution in [0.5, 0.6) is 11.5 Å². The second-order valence-electron chi connectivity index (χ2n) is 6.23. The van der Waals surface area contributed by atoms with E-state index in [0.717, 1.165) is 17.7 Å². The van der Waals surface area contributed by atoms with Crippen LogP contribution in [0.25, 0.3) is 0 Å². The predicted molar refractivity (Wildman–Crippen MR) is 94.3 cm³/mol. The van der Waals surface area contributed by atoms with Crippen LogP contribution in [0, 0.1) is 0 Å². The number of nitrogens with one attached hydrogen (secondary N) is 1. The molecule has 0 bridgehead atoms. The Balaban J connectivity index is 1.32. The minimum Gasteiger partial charge on any atom is -0.454 e. The lowest BCUT2D eigenvalue weighted by atomic mass is 10.0. The Morgan fingerprint density at radius 1 is 1.35 bits per heavy atom. The summed E-state index contributed by atoms with van der Waals surface area (Å²) in [6, 6.07) is 5.50. The Labute approximate surface area is 155 Å². The van der Waals surface area contributed by atoms with Gasteiger partial charge in [-0.3, -0.25) is 4.79 Å². The monoisotopic (exact) mass is 376 g/mol. The average molecular weight is 376 g/mol. The van der Waals surface area contributed by atoms with Gasteiger partial charge < -0.3 is 24.3 Å². The lowest BCUT2D eigenvalue weighted by Crippen LogP contribution is -2.50. The highest BCUT2D eigenvalue weighted by Crippen LogP contribution is 2.32. The quantitative estimate of drug-likeness (QED) is 0.830. The lowest BCUT2D eigenvalue weighted by molar-refractivity contribution is -0.126. The number of hydrogen-bond acceptors (Lipinski definition) is 7. The second kappa shape index (κ2) is 8.03. The molecule has 2 aliphatic heterocycles. The molecule has 26 heavy (non-hydrogen) atoms. The third-order valence-electron chi connectivity index (χ3n) is 4.38. The summed E-state index contributed by atoms with van der Waals surface area (Å²) in [7, 11) is 0. The van der Waals surface area contributed by atoms with E-state index in [1.54, 1.807) is 5.51 Å². The zero-order valence-electron chi connectivity index (χ0n) is 14.2. The molecule has 4 rings (SSSR count). The second-order valence-corrected chi connectivity index (χ2v) is 6.95. The summed E-state index contributed by atoms with van der Waals surface area (Å²) in [4.78, 5) is 16.7. The van der Waals surface area contributed by atoms with Crippen molar-refractivity contribution in [1.29, 1.82) is 0 Å². The van der Waals surface area contributed by atoms with Crippen molar-refractivity contribution in [3.8, 4) is 11.5 Å². The summed E-state index contributed by atoms with van der Waals surface area (Å²) in [5.41, 5.74) is 3.56. The molecule has 1 aromatic carbocycles. The molecule has 2 aromatic rings. The fourth-order valence-corrected chi connectivity index (χ4v) is 3.58. The van der Waals surface area contributed by atoms with Crippen molar-refractivity contribution in [3.05, 3.63) is 40.3 Å². The lowest BCUT2D eigenvalue weighted by Gasteiger charge is -2.32. The highest BCUT2D eigenvalue weighted by atomic mass is 32.1. The highest BCUT2D eigenvalue weighted by Gasteiger charge is 2.28. The molecule has 0 saturated carbocycles. The van der Waals surface area contributed by atoms with E-state index in [2.05, 4.69) is 10.3 Å². The minimum absolute atomic E-state index is 0.0435. The maximum absolute atomic E-state index is 12.5. The van der Waals surface area contributed by atoms with Gasteiger partial charge in [-0.15, -0.1) is 11.3 Å². The topological polar surface area (TPSA) is 78.9 Å². The van der Waals surface area contributed by atoms with Crippen LogP contribution in [0.3, 0.4) is 0 Å². The minimum atomic E-state index is -0.175. The summed E-state index contributed by atoms with van der Waals surface area (Å²) < 4.78 is 22.1. The first kappa shape index (κ1) is 17.3. The number of hydrogen-bond donors (Lipinski definition) is 1. The van der Waals surface area contributed by atoms with Crippen molar-refractivity contribution < 1.29 is 23.7 Å². The zero-order valence-corrected chi connectivity index (χ0v) is 15.0. The normalized spacial score (nSPS) is 21.5. The average Bonchev–Trinajstić information content (AvgIpc) is 3.32. The third kappa shape index (κ3) is 4.14. The molecule has 2 atom stereocenters. The molecule has 0 unspecified atom stereocenters. The molecule has 1 aromatic heterocycles. The predicted octanol–water partition coefficient (Wildman–Crippen LogP) is 1.90. The summed E-state index contributed by atoms with van der Waals surface area (Å²) in [6.07, 6.45) is 0.840. The van der Waals surface area contributed by atoms with Crippen LogP contribution < -0.4 is 14.8 Å². The summed E-state index contributed by atoms with van der Waals surface area (Å²) in [5, 5.41) is 5.04. The van der Waals surface area contributed by atoms with Gasteiger partial charge in [0.15, 0.2) is 11.5 Å². The largest absolute Gasteiger partial charge is 0.454 e. The van der Waals surface area contributed by atoms with Crippen molar-refractivity contribution in [2.45, 2.75) is 31.6 Å². The van der Waals surface area contributed by atoms with Gasteiger partial charge in [0, 0.05) is 12.0 Å². The van der Waals surface area contributed by atoms with Crippen molar-refractivity contribution in [2.24, 2.45) is 0 Å². The Bertz CT molecular complexity index is 752. The number of benzene rings is 1. The Kier molecular flexibility index (Phi) is 5.33. The molecule has 0 aliphatic carbocycles. The van der Waals surface area contributed by atoms with Gasteiger partial charge in [0.25, 0.3) is 0 Å². The van der Waals surface area contributed by atoms with Crippen molar-refractivity contribution in [3.63, 3.8) is 0 Å². The first-order valence-corrected chi connectivity index (χ1v) is 9.46. The van der Waals surface area contributed by atoms with Crippen LogP contribution in [-0.4, -0.2) is 43.0 Å². The van der Waals surface area contributed by atoms with Gasteiger partial charge in [-0.2, -0.15) is 0 Å². The molecule has 138 valence electrons. The first-order chi connectivity index (χ1) is 12.8. The fourth-order valence-electron chi connectivity index (χ4n) is 3.04. The van der Waals surface area contributed by atoms with Crippen LogP contribution in [0.15, 0.2) is 29.1 Å². The van der Waals surface area contributed by atoms with Crippen LogP contribution in [0.2, 0.25) is 0 Å². The number of nitrogens with zero attached hydrogens (tertiary/aromatic N) is 1. The van der Waals surface area contributed by atoms with Gasteiger partial charge in [-0.1, -0.05) is 6.07 Å². The molecule has 8 heteroatoms. The van der Waals surface area contributed by atoms with Gasteiger partial charge in [0.2, 0.25) is 12.7 Å². The molecular formula is C18H20N2O5S. The van der Waals surface area contributed by atoms with E-state index in [9.17, 15) is 4.79 Å². The third-order valence-corrected chi connectivity index (χ3v) is 5.02. The summed E-state index contributed by atoms with van der Waals surface area (Å²) in [6.45, 7) is 1.74. The Morgan fingerprint density at radius 2 is 2.27 bits per heavy atom. The number of ether oxygens (including phenoxy) is 4. The van der Waals surface area contributed by atoms with E-state index in [1.165, 1.54) is 11.3 Å². The van der Waals surface area contributed by atoms with Crippen LogP contribution >= 0.6 is 11.3 Å². The molecule has 3 heterocycles. The summed E-state index contributed by atoms with van der Waals surface area (Å²) >= 11 is 1.54. The fraction of sp³-hybridized carbons (Fsp3) is 0.444. The molecule has 1 saturated heterocycles. The van der Waals surface area contributed by atoms with Gasteiger partial charge in [-0.05, 0) is 24.1 Å². The standard InChI is InChI=1S/C18H20N2O5S/c21-18(6-12-1-2-15-16(5-12)25-11-24-15)20-14-3-4-22-8-17(14)23-7-13-9-26-10-19-13/h1-2,5,9-10,14,17H,3-4,6-8,11H2,(H,20,21)/t14-,17-/m1/s1. The number of amides is 1. The molecule has 7 nitrogen and oxygen atoms in total. The summed E-state index contributed by atoms with van der Waals surface area (Å²) in [5.74, 6) is 1.36. The Morgan fingerprint density at radius 3 is 3.15 bits per heavy atom. The SMILES string of the molecule is O=C(Cc1ccc2c(c1)OCO2)N[C@@H]1CCOC[C@H]1OCc1cscn1. The van der Waals surface area contributed by atoms with E-state index in [-0.39, 0.29) is 31.3 Å². The van der Waals surface area contributed by atoms with Crippen molar-refractivity contribution in [1.82, 2.24) is 10.3 Å². The molecule has 1 fully saturated rings. The van der Waals surface area contributed by atoms with Gasteiger partial charge in [0.05, 0.1) is 36.9 Å². The van der Waals surface area contributed by atoms with Crippen LogP contribution in [0.4, 0.5) is 0 Å². The van der Waals surface area contributed by atoms with Crippen molar-refractivity contribution in [2.75, 3.05) is 20.0 Å². The molecular weight excluding hydrogens is 356 g/mol. The van der Waals surface area contributed by atoms with E-state index in [1.807, 2.05) is 23.6 Å². The molecule has 1 N–H and O–H groups in total. The van der Waals surface area contributed by atoms with Crippen LogP contribution in [-0.2, 0) is 27.3 Å². The number of carbonyl (C=O) groups is 1. The van der Waals surface area contributed by atoms with E-state index >= 15 is 0 Å². The van der Waals surface area contributed by atoms with E-state index in [0.29, 0.717) is 31.3 Å². The highest BCUT2D eigenvalue weighted by molar-refractivity contribution is 7.07. The first-order valence-electron chi connectivity index (χ1n) is 8.52. The zero-order chi connectivity index (χ0) is 17.8. The smallest absolute Gasteiger partial charge is 0.231 e. The maximum atomic E-state index is 12.5. The number of fused-ring (bicyclic) bond motifs is 1. The molecule has 0 spiro atoms. The number of aromatic nitrogens is 1. The van der Waals surface area contributed by atoms with Gasteiger partial charge in [-0.25, -0.2) is 4.98 Å². The van der Waals surface area contributed by atoms with E-state index in [4.69, 9.17) is 18.9 Å². The van der Waals surface area contributed by atoms with Crippen LogP contribution in [0.1, 0.15) is 17.7 Å². The number of thiazole rings is 1. The molecule has 1 amide bonds. The van der Waals surface area contributed by atoms with E-state index < -0.39 is 0 Å². The van der Waals surface area contributed by atoms with Gasteiger partial charge >= 0.3 is 0 Å². The van der Waals surface area contributed by atoms with Crippen molar-refractivity contribution >= 4 is 17.2 Å².